The minimum Gasteiger partial charge on any atom is -0.756 e. The van der Waals surface area contributed by atoms with E-state index in [1.165, 1.54) is 263 Å². The van der Waals surface area contributed by atoms with E-state index in [9.17, 15) is 19.4 Å². The Morgan fingerprint density at radius 1 is 0.455 bits per heavy atom. The van der Waals surface area contributed by atoms with Crippen LogP contribution >= 0.6 is 7.82 Å². The molecule has 0 aliphatic heterocycles. The molecule has 3 atom stereocenters. The molecule has 0 heterocycles. The predicted molar refractivity (Wildman–Crippen MR) is 334 cm³/mol. The molecule has 0 aliphatic carbocycles. The highest BCUT2D eigenvalue weighted by Gasteiger charge is 2.23. The number of carbonyl (C=O) groups excluding carboxylic acids is 1. The molecule has 8 nitrogen and oxygen atoms in total. The molecule has 0 saturated carbocycles. The minimum atomic E-state index is -4.61. The van der Waals surface area contributed by atoms with E-state index in [-0.39, 0.29) is 12.5 Å². The summed E-state index contributed by atoms with van der Waals surface area (Å²) in [4.78, 5) is 25.6. The average molecular weight is 1100 g/mol. The van der Waals surface area contributed by atoms with Crippen LogP contribution in [0.2, 0.25) is 0 Å². The zero-order valence-corrected chi connectivity index (χ0v) is 52.8. The predicted octanol–water partition coefficient (Wildman–Crippen LogP) is 20.4. The Morgan fingerprint density at radius 2 is 0.766 bits per heavy atom. The number of hydrogen-bond acceptors (Lipinski definition) is 6. The van der Waals surface area contributed by atoms with Gasteiger partial charge in [0.15, 0.2) is 0 Å². The molecule has 2 N–H and O–H groups in total. The van der Waals surface area contributed by atoms with Crippen molar-refractivity contribution in [3.63, 3.8) is 0 Å². The zero-order chi connectivity index (χ0) is 56.3. The Bertz CT molecular complexity index is 1390. The molecule has 3 unspecified atom stereocenters. The Hall–Kier alpha value is -1.54. The maximum atomic E-state index is 13.0. The molecule has 0 aromatic rings. The van der Waals surface area contributed by atoms with E-state index in [1.807, 2.05) is 27.2 Å². The lowest BCUT2D eigenvalue weighted by Crippen LogP contribution is -2.45. The summed E-state index contributed by atoms with van der Waals surface area (Å²) < 4.78 is 23.4. The Morgan fingerprint density at radius 3 is 1.13 bits per heavy atom. The van der Waals surface area contributed by atoms with Gasteiger partial charge in [-0.1, -0.05) is 306 Å². The van der Waals surface area contributed by atoms with Crippen molar-refractivity contribution in [3.05, 3.63) is 48.6 Å². The highest BCUT2D eigenvalue weighted by atomic mass is 31.2. The number of amides is 1. The standard InChI is InChI=1S/C68H131N2O6P/c1-6-8-10-12-14-16-18-20-22-24-26-28-30-32-33-34-35-36-37-38-40-42-44-46-48-50-52-54-56-58-60-62-68(72)69-66(65-76-77(73,74)75-64-63-70(3,4)5)67(71)61-59-57-55-53-51-49-47-45-43-41-39-31-29-27-25-23-21-19-17-15-13-11-9-7-2/h18,20,24,26,51,53,59,61,66-67,71H,6-17,19,21-23,25,27-50,52,54-58,60,62-65H2,1-5H3,(H-,69,72,73,74)/b20-18-,26-24-,53-51+,61-59+. The van der Waals surface area contributed by atoms with Gasteiger partial charge in [0.05, 0.1) is 39.9 Å². The van der Waals surface area contributed by atoms with Crippen LogP contribution in [0.25, 0.3) is 0 Å². The highest BCUT2D eigenvalue weighted by molar-refractivity contribution is 7.45. The molecule has 0 radical (unpaired) electrons. The maximum absolute atomic E-state index is 13.0. The summed E-state index contributed by atoms with van der Waals surface area (Å²) in [5, 5.41) is 13.9. The van der Waals surface area contributed by atoms with Gasteiger partial charge in [0.2, 0.25) is 5.91 Å². The number of nitrogens with zero attached hydrogens (tertiary/aromatic N) is 1. The number of aliphatic hydroxyl groups is 1. The van der Waals surface area contributed by atoms with Crippen molar-refractivity contribution in [2.24, 2.45) is 0 Å². The molecule has 0 spiro atoms. The van der Waals surface area contributed by atoms with Crippen molar-refractivity contribution in [1.82, 2.24) is 5.32 Å². The molecule has 0 fully saturated rings. The van der Waals surface area contributed by atoms with Crippen molar-refractivity contribution in [2.45, 2.75) is 341 Å². The number of unbranched alkanes of at least 4 members (excludes halogenated alkanes) is 43. The van der Waals surface area contributed by atoms with E-state index in [1.54, 1.807) is 6.08 Å². The van der Waals surface area contributed by atoms with Crippen molar-refractivity contribution < 1.29 is 32.9 Å². The fourth-order valence-electron chi connectivity index (χ4n) is 10.0. The third-order valence-electron chi connectivity index (χ3n) is 15.3. The van der Waals surface area contributed by atoms with Gasteiger partial charge < -0.3 is 28.8 Å². The van der Waals surface area contributed by atoms with Crippen LogP contribution < -0.4 is 10.2 Å². The van der Waals surface area contributed by atoms with Crippen LogP contribution in [-0.2, 0) is 18.4 Å². The first-order valence-electron chi connectivity index (χ1n) is 33.5. The van der Waals surface area contributed by atoms with Gasteiger partial charge in [-0.05, 0) is 64.2 Å². The summed E-state index contributed by atoms with van der Waals surface area (Å²) in [6, 6.07) is -0.904. The number of carbonyl (C=O) groups is 1. The second kappa shape index (κ2) is 59.1. The Balaban J connectivity index is 4.10. The normalized spacial score (nSPS) is 14.0. The van der Waals surface area contributed by atoms with Gasteiger partial charge in [-0.2, -0.15) is 0 Å². The fraction of sp³-hybridized carbons (Fsp3) is 0.868. The number of quaternary nitrogens is 1. The third kappa shape index (κ3) is 61.9. The second-order valence-electron chi connectivity index (χ2n) is 24.2. The van der Waals surface area contributed by atoms with Gasteiger partial charge in [-0.3, -0.25) is 9.36 Å². The number of phosphoric ester groups is 1. The molecule has 0 aromatic heterocycles. The van der Waals surface area contributed by atoms with Gasteiger partial charge in [-0.25, -0.2) is 0 Å². The quantitative estimate of drug-likeness (QED) is 0.0272. The van der Waals surface area contributed by atoms with Crippen LogP contribution in [0.3, 0.4) is 0 Å². The number of likely N-dealkylation sites (N-methyl/N-ethyl adjacent to an activating group) is 1. The molecule has 0 saturated heterocycles. The smallest absolute Gasteiger partial charge is 0.268 e. The fourth-order valence-corrected chi connectivity index (χ4v) is 10.8. The van der Waals surface area contributed by atoms with Crippen LogP contribution in [0.4, 0.5) is 0 Å². The van der Waals surface area contributed by atoms with E-state index in [0.29, 0.717) is 17.4 Å². The first kappa shape index (κ1) is 75.5. The van der Waals surface area contributed by atoms with Crippen molar-refractivity contribution in [2.75, 3.05) is 40.9 Å². The monoisotopic (exact) mass is 1100 g/mol. The molecule has 77 heavy (non-hydrogen) atoms. The number of allylic oxidation sites excluding steroid dienone is 7. The lowest BCUT2D eigenvalue weighted by Gasteiger charge is -2.29. The summed E-state index contributed by atoms with van der Waals surface area (Å²) in [5.41, 5.74) is 0. The molecular formula is C68H131N2O6P. The molecule has 0 bridgehead atoms. The third-order valence-corrected chi connectivity index (χ3v) is 16.2. The molecule has 1 amide bonds. The number of nitrogens with one attached hydrogen (secondary N) is 1. The highest BCUT2D eigenvalue weighted by Crippen LogP contribution is 2.38. The molecule has 0 rings (SSSR count). The molecule has 454 valence electrons. The Kier molecular flexibility index (Phi) is 57.9. The number of aliphatic hydroxyl groups excluding tert-OH is 1. The summed E-state index contributed by atoms with van der Waals surface area (Å²) in [6.07, 6.45) is 79.4. The number of hydrogen-bond donors (Lipinski definition) is 2. The summed E-state index contributed by atoms with van der Waals surface area (Å²) >= 11 is 0. The first-order chi connectivity index (χ1) is 37.5. The number of phosphoric acid groups is 1. The largest absolute Gasteiger partial charge is 0.756 e. The van der Waals surface area contributed by atoms with E-state index in [4.69, 9.17) is 9.05 Å². The zero-order valence-electron chi connectivity index (χ0n) is 51.9. The lowest BCUT2D eigenvalue weighted by atomic mass is 10.0. The lowest BCUT2D eigenvalue weighted by molar-refractivity contribution is -0.870. The van der Waals surface area contributed by atoms with Crippen LogP contribution in [0.1, 0.15) is 328 Å². The van der Waals surface area contributed by atoms with E-state index in [0.717, 1.165) is 44.9 Å². The van der Waals surface area contributed by atoms with E-state index < -0.39 is 26.6 Å². The molecule has 0 aromatic carbocycles. The van der Waals surface area contributed by atoms with Gasteiger partial charge in [0.1, 0.15) is 13.2 Å². The van der Waals surface area contributed by atoms with Gasteiger partial charge >= 0.3 is 0 Å². The van der Waals surface area contributed by atoms with Crippen molar-refractivity contribution in [3.8, 4) is 0 Å². The molecular weight excluding hydrogens is 972 g/mol. The molecule has 9 heteroatoms. The summed E-state index contributed by atoms with van der Waals surface area (Å²) in [5.74, 6) is -0.202. The second-order valence-corrected chi connectivity index (χ2v) is 25.6. The van der Waals surface area contributed by atoms with Crippen LogP contribution in [0.15, 0.2) is 48.6 Å². The minimum absolute atomic E-state index is 0.00542. The van der Waals surface area contributed by atoms with Crippen LogP contribution in [-0.4, -0.2) is 68.5 Å². The van der Waals surface area contributed by atoms with E-state index in [2.05, 4.69) is 55.6 Å². The van der Waals surface area contributed by atoms with Crippen molar-refractivity contribution in [1.29, 1.82) is 0 Å². The van der Waals surface area contributed by atoms with Gasteiger partial charge in [-0.15, -0.1) is 0 Å². The van der Waals surface area contributed by atoms with Gasteiger partial charge in [0, 0.05) is 6.42 Å². The van der Waals surface area contributed by atoms with Crippen molar-refractivity contribution >= 4 is 13.7 Å². The first-order valence-corrected chi connectivity index (χ1v) is 35.0. The maximum Gasteiger partial charge on any atom is 0.268 e. The van der Waals surface area contributed by atoms with E-state index >= 15 is 0 Å². The summed E-state index contributed by atoms with van der Waals surface area (Å²) in [6.45, 7) is 4.66. The SMILES string of the molecule is CCCCCCC/C=C\C/C=C\CCCCCCCCCCCCCCCCCCCCCC(=O)NC(COP(=O)([O-])OCC[N+](C)(C)C)C(O)/C=C/CC/C=C/CCCCCCCCCCCCCCCCCCCC. The number of rotatable bonds is 62. The topological polar surface area (TPSA) is 108 Å². The molecule has 0 aliphatic rings. The average Bonchev–Trinajstić information content (AvgIpc) is 3.39. The Labute approximate surface area is 479 Å². The van der Waals surface area contributed by atoms with Gasteiger partial charge in [0.25, 0.3) is 7.82 Å². The van der Waals surface area contributed by atoms with Crippen LogP contribution in [0, 0.1) is 0 Å². The van der Waals surface area contributed by atoms with Crippen LogP contribution in [0.5, 0.6) is 0 Å². The summed E-state index contributed by atoms with van der Waals surface area (Å²) in [7, 11) is 1.26.